The van der Waals surface area contributed by atoms with E-state index in [9.17, 15) is 17.6 Å². The molecule has 0 N–H and O–H groups in total. The lowest BCUT2D eigenvalue weighted by molar-refractivity contribution is -0.141. The number of aryl methyl sites for hydroxylation is 1. The van der Waals surface area contributed by atoms with E-state index in [0.717, 1.165) is 18.1 Å². The van der Waals surface area contributed by atoms with Crippen molar-refractivity contribution in [2.24, 2.45) is 0 Å². The SMILES string of the molecule is Cc1ncnc(N2CC3CC2CN3Cc2ccc(C(F)(F)F)nc2)c1F. The van der Waals surface area contributed by atoms with E-state index in [1.165, 1.54) is 18.6 Å². The van der Waals surface area contributed by atoms with Crippen LogP contribution in [0, 0.1) is 12.7 Å². The van der Waals surface area contributed by atoms with Gasteiger partial charge >= 0.3 is 6.18 Å². The average molecular weight is 367 g/mol. The summed E-state index contributed by atoms with van der Waals surface area (Å²) in [5.41, 5.74) is 0.177. The summed E-state index contributed by atoms with van der Waals surface area (Å²) in [5.74, 6) is -0.0561. The molecule has 2 aromatic heterocycles. The Bertz CT molecular complexity index is 808. The number of halogens is 4. The minimum atomic E-state index is -4.43. The Kier molecular flexibility index (Phi) is 4.06. The highest BCUT2D eigenvalue weighted by Gasteiger charge is 2.44. The molecule has 2 bridgehead atoms. The first kappa shape index (κ1) is 17.1. The van der Waals surface area contributed by atoms with E-state index in [4.69, 9.17) is 0 Å². The lowest BCUT2D eigenvalue weighted by Crippen LogP contribution is -2.46. The van der Waals surface area contributed by atoms with Crippen LogP contribution < -0.4 is 4.90 Å². The quantitative estimate of drug-likeness (QED) is 0.781. The van der Waals surface area contributed by atoms with Crippen LogP contribution in [0.5, 0.6) is 0 Å². The summed E-state index contributed by atoms with van der Waals surface area (Å²) in [7, 11) is 0. The molecule has 2 unspecified atom stereocenters. The molecule has 2 aliphatic heterocycles. The van der Waals surface area contributed by atoms with Crippen LogP contribution >= 0.6 is 0 Å². The molecular weight excluding hydrogens is 350 g/mol. The summed E-state index contributed by atoms with van der Waals surface area (Å²) in [4.78, 5) is 15.6. The summed E-state index contributed by atoms with van der Waals surface area (Å²) < 4.78 is 52.1. The highest BCUT2D eigenvalue weighted by molar-refractivity contribution is 5.45. The smallest absolute Gasteiger partial charge is 0.348 e. The maximum absolute atomic E-state index is 14.3. The fraction of sp³-hybridized carbons (Fsp3) is 0.471. The summed E-state index contributed by atoms with van der Waals surface area (Å²) in [6.45, 7) is 3.50. The van der Waals surface area contributed by atoms with Crippen LogP contribution in [0.3, 0.4) is 0 Å². The molecule has 0 radical (unpaired) electrons. The normalized spacial score (nSPS) is 23.0. The average Bonchev–Trinajstić information content (AvgIpc) is 3.17. The zero-order valence-corrected chi connectivity index (χ0v) is 14.0. The minimum Gasteiger partial charge on any atom is -0.348 e. The Morgan fingerprint density at radius 3 is 2.54 bits per heavy atom. The number of alkyl halides is 3. The number of fused-ring (bicyclic) bond motifs is 2. The number of rotatable bonds is 3. The fourth-order valence-corrected chi connectivity index (χ4v) is 3.77. The Balaban J connectivity index is 1.43. The number of piperazine rings is 1. The lowest BCUT2D eigenvalue weighted by Gasteiger charge is -2.35. The van der Waals surface area contributed by atoms with Gasteiger partial charge in [-0.3, -0.25) is 9.88 Å². The first-order valence-electron chi connectivity index (χ1n) is 8.33. The van der Waals surface area contributed by atoms with Gasteiger partial charge in [-0.25, -0.2) is 14.4 Å². The zero-order chi connectivity index (χ0) is 18.5. The van der Waals surface area contributed by atoms with E-state index in [1.807, 2.05) is 4.90 Å². The molecule has 0 spiro atoms. The second-order valence-corrected chi connectivity index (χ2v) is 6.77. The van der Waals surface area contributed by atoms with Crippen molar-refractivity contribution in [2.75, 3.05) is 18.0 Å². The molecule has 4 heterocycles. The number of anilines is 1. The molecule has 0 aliphatic carbocycles. The van der Waals surface area contributed by atoms with Gasteiger partial charge in [0.2, 0.25) is 0 Å². The first-order chi connectivity index (χ1) is 12.3. The molecule has 5 nitrogen and oxygen atoms in total. The molecule has 2 fully saturated rings. The van der Waals surface area contributed by atoms with Crippen molar-refractivity contribution in [3.05, 3.63) is 47.4 Å². The van der Waals surface area contributed by atoms with Crippen molar-refractivity contribution in [1.29, 1.82) is 0 Å². The predicted molar refractivity (Wildman–Crippen MR) is 85.9 cm³/mol. The number of nitrogens with zero attached hydrogens (tertiary/aromatic N) is 5. The van der Waals surface area contributed by atoms with Crippen LogP contribution in [0.2, 0.25) is 0 Å². The van der Waals surface area contributed by atoms with Gasteiger partial charge in [-0.15, -0.1) is 0 Å². The number of hydrogen-bond donors (Lipinski definition) is 0. The van der Waals surface area contributed by atoms with Crippen LogP contribution in [0.4, 0.5) is 23.4 Å². The molecule has 26 heavy (non-hydrogen) atoms. The van der Waals surface area contributed by atoms with Crippen LogP contribution in [0.1, 0.15) is 23.4 Å². The van der Waals surface area contributed by atoms with Gasteiger partial charge in [-0.1, -0.05) is 6.07 Å². The van der Waals surface area contributed by atoms with Gasteiger partial charge in [0.25, 0.3) is 0 Å². The van der Waals surface area contributed by atoms with E-state index in [2.05, 4.69) is 19.9 Å². The molecule has 0 aromatic carbocycles. The molecule has 2 aromatic rings. The lowest BCUT2D eigenvalue weighted by atomic mass is 10.2. The fourth-order valence-electron chi connectivity index (χ4n) is 3.77. The van der Waals surface area contributed by atoms with Crippen molar-refractivity contribution in [3.8, 4) is 0 Å². The summed E-state index contributed by atoms with van der Waals surface area (Å²) >= 11 is 0. The highest BCUT2D eigenvalue weighted by Crippen LogP contribution is 2.36. The molecule has 9 heteroatoms. The van der Waals surface area contributed by atoms with E-state index in [0.29, 0.717) is 31.1 Å². The number of aromatic nitrogens is 3. The first-order valence-corrected chi connectivity index (χ1v) is 8.33. The third kappa shape index (κ3) is 3.00. The monoisotopic (exact) mass is 367 g/mol. The van der Waals surface area contributed by atoms with Gasteiger partial charge in [0.15, 0.2) is 11.6 Å². The van der Waals surface area contributed by atoms with Crippen LogP contribution in [0.25, 0.3) is 0 Å². The van der Waals surface area contributed by atoms with E-state index >= 15 is 0 Å². The van der Waals surface area contributed by atoms with Crippen molar-refractivity contribution < 1.29 is 17.6 Å². The van der Waals surface area contributed by atoms with Crippen LogP contribution in [-0.2, 0) is 12.7 Å². The number of likely N-dealkylation sites (tertiary alicyclic amines) is 1. The molecule has 0 saturated carbocycles. The largest absolute Gasteiger partial charge is 0.433 e. The molecule has 0 amide bonds. The van der Waals surface area contributed by atoms with Gasteiger partial charge in [-0.05, 0) is 25.0 Å². The summed E-state index contributed by atoms with van der Waals surface area (Å²) in [6, 6.07) is 2.84. The topological polar surface area (TPSA) is 45.2 Å². The predicted octanol–water partition coefficient (Wildman–Crippen LogP) is 2.80. The third-order valence-electron chi connectivity index (χ3n) is 5.07. The highest BCUT2D eigenvalue weighted by atomic mass is 19.4. The molecule has 4 rings (SSSR count). The van der Waals surface area contributed by atoms with Crippen LogP contribution in [-0.4, -0.2) is 45.0 Å². The van der Waals surface area contributed by atoms with Crippen molar-refractivity contribution in [2.45, 2.75) is 38.1 Å². The Morgan fingerprint density at radius 2 is 1.92 bits per heavy atom. The zero-order valence-electron chi connectivity index (χ0n) is 14.0. The number of hydrogen-bond acceptors (Lipinski definition) is 5. The van der Waals surface area contributed by atoms with Gasteiger partial charge in [0, 0.05) is 37.9 Å². The minimum absolute atomic E-state index is 0.145. The molecule has 138 valence electrons. The van der Waals surface area contributed by atoms with Gasteiger partial charge < -0.3 is 4.90 Å². The Hall–Kier alpha value is -2.29. The maximum atomic E-state index is 14.3. The Morgan fingerprint density at radius 1 is 1.12 bits per heavy atom. The number of pyridine rings is 1. The van der Waals surface area contributed by atoms with Crippen molar-refractivity contribution >= 4 is 5.82 Å². The van der Waals surface area contributed by atoms with E-state index in [1.54, 1.807) is 6.92 Å². The summed E-state index contributed by atoms with van der Waals surface area (Å²) in [5, 5.41) is 0. The Labute approximate surface area is 147 Å². The van der Waals surface area contributed by atoms with Gasteiger partial charge in [0.1, 0.15) is 12.0 Å². The summed E-state index contributed by atoms with van der Waals surface area (Å²) in [6.07, 6.45) is -0.895. The van der Waals surface area contributed by atoms with Gasteiger partial charge in [0.05, 0.1) is 5.69 Å². The standard InChI is InChI=1S/C17H17F4N5/c1-10-15(18)16(24-9-23-10)26-8-12-4-13(26)7-25(12)6-11-2-3-14(22-5-11)17(19,20)21/h2-3,5,9,12-13H,4,6-8H2,1H3. The second kappa shape index (κ2) is 6.15. The molecule has 2 saturated heterocycles. The third-order valence-corrected chi connectivity index (χ3v) is 5.07. The molecule has 2 aliphatic rings. The maximum Gasteiger partial charge on any atom is 0.433 e. The van der Waals surface area contributed by atoms with Gasteiger partial charge in [-0.2, -0.15) is 13.2 Å². The van der Waals surface area contributed by atoms with Crippen LogP contribution in [0.15, 0.2) is 24.7 Å². The van der Waals surface area contributed by atoms with E-state index < -0.39 is 17.7 Å². The van der Waals surface area contributed by atoms with Crippen molar-refractivity contribution in [3.63, 3.8) is 0 Å². The van der Waals surface area contributed by atoms with Crippen molar-refractivity contribution in [1.82, 2.24) is 19.9 Å². The second-order valence-electron chi connectivity index (χ2n) is 6.77. The molecular formula is C17H17F4N5. The molecule has 2 atom stereocenters. The van der Waals surface area contributed by atoms with E-state index in [-0.39, 0.29) is 12.1 Å².